The Morgan fingerprint density at radius 1 is 0.205 bits per heavy atom. The molecule has 0 aliphatic heterocycles. The number of unbranched alkanes of at least 4 members (excludes halogenated alkanes) is 7. The number of rotatable bonds is 29. The lowest BCUT2D eigenvalue weighted by molar-refractivity contribution is -0.288. The van der Waals surface area contributed by atoms with Crippen molar-refractivity contribution in [2.24, 2.45) is 87.8 Å². The molecular formula is C90H166F42. The van der Waals surface area contributed by atoms with Gasteiger partial charge in [-0.05, 0) is 97.7 Å². The van der Waals surface area contributed by atoms with E-state index in [-0.39, 0.29) is 50.4 Å². The van der Waals surface area contributed by atoms with Gasteiger partial charge < -0.3 is 0 Å². The molecule has 0 aliphatic rings. The van der Waals surface area contributed by atoms with Gasteiger partial charge in [-0.2, -0.15) is 184 Å². The van der Waals surface area contributed by atoms with Crippen molar-refractivity contribution in [3.8, 4) is 0 Å². The summed E-state index contributed by atoms with van der Waals surface area (Å²) >= 11 is 0. The first-order valence-electron chi connectivity index (χ1n) is 45.0. The monoisotopic (exact) mass is 2050 g/mol. The highest BCUT2D eigenvalue weighted by atomic mass is 19.5. The summed E-state index contributed by atoms with van der Waals surface area (Å²) in [5, 5.41) is 0. The Hall–Kier alpha value is -2.94. The first-order valence-corrected chi connectivity index (χ1v) is 45.0. The fourth-order valence-corrected chi connectivity index (χ4v) is 7.74. The Bertz CT molecular complexity index is 2330. The third-order valence-corrected chi connectivity index (χ3v) is 19.4. The van der Waals surface area contributed by atoms with Gasteiger partial charge in [0.15, 0.2) is 17.8 Å². The Morgan fingerprint density at radius 3 is 0.621 bits per heavy atom. The highest BCUT2D eigenvalue weighted by Gasteiger charge is 2.58. The van der Waals surface area contributed by atoms with Crippen molar-refractivity contribution < 1.29 is 184 Å². The normalized spacial score (nSPS) is 14.1. The summed E-state index contributed by atoms with van der Waals surface area (Å²) in [5.41, 5.74) is 1.08. The second-order valence-electron chi connectivity index (χ2n) is 36.0. The molecule has 0 aromatic heterocycles. The van der Waals surface area contributed by atoms with Gasteiger partial charge in [0.2, 0.25) is 0 Å². The van der Waals surface area contributed by atoms with E-state index in [0.717, 1.165) is 56.8 Å². The van der Waals surface area contributed by atoms with Crippen LogP contribution in [0.5, 0.6) is 0 Å². The molecular weight excluding hydrogens is 1880 g/mol. The van der Waals surface area contributed by atoms with E-state index >= 15 is 0 Å². The summed E-state index contributed by atoms with van der Waals surface area (Å²) in [7, 11) is 0. The zero-order valence-corrected chi connectivity index (χ0v) is 83.6. The first kappa shape index (κ1) is 160. The number of halogens is 42. The Morgan fingerprint density at radius 2 is 0.455 bits per heavy atom. The van der Waals surface area contributed by atoms with Crippen LogP contribution >= 0.6 is 0 Å². The summed E-state index contributed by atoms with van der Waals surface area (Å²) in [6, 6.07) is 0. The highest BCUT2D eigenvalue weighted by molar-refractivity contribution is 4.78. The Kier molecular flexibility index (Phi) is 95.3. The Labute approximate surface area is 763 Å². The average Bonchev–Trinajstić information content (AvgIpc) is 0.839. The van der Waals surface area contributed by atoms with Crippen LogP contribution in [0.25, 0.3) is 0 Å². The molecule has 0 radical (unpaired) electrons. The van der Waals surface area contributed by atoms with Crippen LogP contribution in [0.15, 0.2) is 0 Å². The lowest BCUT2D eigenvalue weighted by Crippen LogP contribution is -2.37. The zero-order valence-electron chi connectivity index (χ0n) is 83.6. The van der Waals surface area contributed by atoms with E-state index in [1.807, 2.05) is 27.7 Å². The predicted octanol–water partition coefficient (Wildman–Crippen LogP) is 44.0. The third kappa shape index (κ3) is 136. The molecule has 820 valence electrons. The van der Waals surface area contributed by atoms with Crippen LogP contribution in [-0.4, -0.2) is 86.5 Å². The lowest BCUT2D eigenvalue weighted by atomic mass is 9.93. The van der Waals surface area contributed by atoms with Crippen molar-refractivity contribution in [2.75, 3.05) is 0 Å². The van der Waals surface area contributed by atoms with Gasteiger partial charge >= 0.3 is 86.5 Å². The minimum Gasteiger partial charge on any atom is -0.171 e. The largest absolute Gasteiger partial charge is 0.400 e. The molecule has 0 saturated carbocycles. The molecule has 0 aromatic carbocycles. The van der Waals surface area contributed by atoms with Gasteiger partial charge in [-0.15, -0.1) is 0 Å². The van der Waals surface area contributed by atoms with Crippen molar-refractivity contribution in [1.82, 2.24) is 0 Å². The second-order valence-corrected chi connectivity index (χ2v) is 36.0. The van der Waals surface area contributed by atoms with Crippen LogP contribution in [-0.2, 0) is 0 Å². The van der Waals surface area contributed by atoms with Crippen molar-refractivity contribution in [1.29, 1.82) is 0 Å². The van der Waals surface area contributed by atoms with E-state index in [0.29, 0.717) is 55.8 Å². The van der Waals surface area contributed by atoms with Crippen LogP contribution in [0, 0.1) is 87.8 Å². The molecule has 6 atom stereocenters. The summed E-state index contributed by atoms with van der Waals surface area (Å²) in [5.74, 6) is -13.3. The van der Waals surface area contributed by atoms with Gasteiger partial charge in [0.05, 0.1) is 23.7 Å². The van der Waals surface area contributed by atoms with Gasteiger partial charge in [-0.3, -0.25) is 0 Å². The fraction of sp³-hybridized carbons (Fsp3) is 1.00. The van der Waals surface area contributed by atoms with Gasteiger partial charge in [-0.25, -0.2) is 0 Å². The smallest absolute Gasteiger partial charge is 0.171 e. The van der Waals surface area contributed by atoms with E-state index in [1.165, 1.54) is 67.2 Å². The van der Waals surface area contributed by atoms with E-state index in [4.69, 9.17) is 0 Å². The quantitative estimate of drug-likeness (QED) is 0.0517. The molecule has 1 unspecified atom stereocenters. The van der Waals surface area contributed by atoms with Crippen LogP contribution in [0.2, 0.25) is 0 Å². The Balaban J connectivity index is -0.0000000953. The lowest BCUT2D eigenvalue weighted by Gasteiger charge is -2.24. The molecule has 42 heteroatoms. The van der Waals surface area contributed by atoms with Crippen LogP contribution in [0.3, 0.4) is 0 Å². The highest BCUT2D eigenvalue weighted by Crippen LogP contribution is 2.46. The SMILES string of the molecule is CC(C)C(C)C.CC(C)CC(C(F)(F)F)C(F)(F)F.CCC(C)(C)C.CCC(C)(C)C.CCC(C)CC.CCCC(C(F)(F)F)C(F)(F)F.CCCCC(C(F)(F)F)C(F)(F)F.CCCCCC(F)(F)F.CCCCCCC(F)(F)F.CCCC[C@H](C)C(F)(F)F.CCC[C@H](C)C(F)(F)F.CCC[C@H](C)CC(F)(F)F.CC[C@H](C)C(C)C(F)(F)F.C[C@@H](CCC(F)(F)F)C(F)(F)F. The van der Waals surface area contributed by atoms with E-state index in [1.54, 1.807) is 34.6 Å². The maximum Gasteiger partial charge on any atom is 0.400 e. The van der Waals surface area contributed by atoms with E-state index in [2.05, 4.69) is 104 Å². The van der Waals surface area contributed by atoms with Crippen molar-refractivity contribution in [2.45, 2.75) is 494 Å². The molecule has 0 fully saturated rings. The third-order valence-electron chi connectivity index (χ3n) is 19.4. The summed E-state index contributed by atoms with van der Waals surface area (Å²) < 4.78 is 491. The minimum absolute atomic E-state index is 0.0658. The molecule has 0 aromatic rings. The van der Waals surface area contributed by atoms with Crippen LogP contribution in [0.4, 0.5) is 184 Å². The average molecular weight is 2050 g/mol. The van der Waals surface area contributed by atoms with Crippen LogP contribution in [0.1, 0.15) is 407 Å². The first-order chi connectivity index (χ1) is 58.1. The van der Waals surface area contributed by atoms with Crippen LogP contribution < -0.4 is 0 Å². The molecule has 0 nitrogen and oxygen atoms in total. The predicted molar refractivity (Wildman–Crippen MR) is 449 cm³/mol. The fourth-order valence-electron chi connectivity index (χ4n) is 7.74. The molecule has 132 heavy (non-hydrogen) atoms. The van der Waals surface area contributed by atoms with Crippen molar-refractivity contribution in [3.05, 3.63) is 0 Å². The second kappa shape index (κ2) is 78.7. The van der Waals surface area contributed by atoms with Gasteiger partial charge in [0, 0.05) is 25.7 Å². The molecule has 0 heterocycles. The molecule has 0 amide bonds. The van der Waals surface area contributed by atoms with E-state index < -0.39 is 185 Å². The molecule has 0 spiro atoms. The molecule has 0 N–H and O–H groups in total. The maximum atomic E-state index is 11.9. The summed E-state index contributed by atoms with van der Waals surface area (Å²) in [4.78, 5) is 0. The minimum atomic E-state index is -5.19. The van der Waals surface area contributed by atoms with Crippen molar-refractivity contribution in [3.63, 3.8) is 0 Å². The summed E-state index contributed by atoms with van der Waals surface area (Å²) in [6.07, 6.45) is -56.1. The van der Waals surface area contributed by atoms with Crippen molar-refractivity contribution >= 4 is 0 Å². The number of alkyl halides is 42. The number of hydrogen-bond donors (Lipinski definition) is 0. The molecule has 0 saturated heterocycles. The zero-order chi connectivity index (χ0) is 110. The molecule has 0 rings (SSSR count). The van der Waals surface area contributed by atoms with Gasteiger partial charge in [0.1, 0.15) is 0 Å². The van der Waals surface area contributed by atoms with Gasteiger partial charge in [-0.1, -0.05) is 330 Å². The molecule has 0 bridgehead atoms. The topological polar surface area (TPSA) is 0 Å². The standard InChI is InChI=1S/2C7H10F6.4C7H13F3.2C6H8F6.2C6H11F3.4C6H14/c1-4(2)3-5(6(8,9)10)7(11,12)13;1-2-3-4-5(6(8,9)10)7(11,12)13;1-4-5(2)6(3)7(8,9)10;1-3-4-6(2)5-7(8,9)10;1-3-4-5-6(2)7(8,9)10;1-2-3-4-5-6-7(8,9)10;1-4(6(10,11)12)2-3-5(7,8)9;1-2-3-4(5(7,8)9)6(10,11)12;1-3-4-5(2)6(7,8)9;1-2-3-4-5-6(7,8)9;2*1-5-6(2,3)4;1-5(2)6(3)4;1-4-6(3)5-2/h4-5H,3H2,1-2H3;5H,2-4H2,1H3;5-6H,4H2,1-3H3;2*6H,3-5H2,1-2H3;2-6H2,1H3;2*4H,2-3H2,1H3;5H,3-4H2,1-2H3;2-5H2,1H3;2*5H2,1-4H3;5-6H,1-4H3;6H,4-5H2,1-3H3/t;;5-,6?;2*6-;;4-;;5-;;;;;/m..000.0.0...../s1. The molecule has 0 aliphatic carbocycles. The number of hydrogen-bond acceptors (Lipinski definition) is 0. The summed E-state index contributed by atoms with van der Waals surface area (Å²) in [6.45, 7) is 57.9. The maximum absolute atomic E-state index is 11.9. The van der Waals surface area contributed by atoms with E-state index in [9.17, 15) is 184 Å². The van der Waals surface area contributed by atoms with Gasteiger partial charge in [0.25, 0.3) is 0 Å².